The Morgan fingerprint density at radius 1 is 1.37 bits per heavy atom. The number of nitrogens with zero attached hydrogens (tertiary/aromatic N) is 3. The van der Waals surface area contributed by atoms with E-state index in [2.05, 4.69) is 31.3 Å². The number of aliphatic hydroxyl groups is 1. The van der Waals surface area contributed by atoms with Gasteiger partial charge >= 0.3 is 0 Å². The van der Waals surface area contributed by atoms with E-state index in [0.29, 0.717) is 12.5 Å². The minimum Gasteiger partial charge on any atom is -0.388 e. The van der Waals surface area contributed by atoms with Crippen LogP contribution < -0.4 is 5.32 Å². The third kappa shape index (κ3) is 2.74. The quantitative estimate of drug-likeness (QED) is 0.911. The lowest BCUT2D eigenvalue weighted by atomic mass is 9.85. The topological polar surface area (TPSA) is 62.5 Å². The Labute approximate surface area is 120 Å². The lowest BCUT2D eigenvalue weighted by molar-refractivity contribution is 0.0166. The Morgan fingerprint density at radius 2 is 2.16 bits per heavy atom. The molecule has 0 bridgehead atoms. The zero-order valence-corrected chi connectivity index (χ0v) is 12.2. The minimum absolute atomic E-state index is 0.515. The molecule has 0 aromatic carbocycles. The summed E-state index contributed by atoms with van der Waals surface area (Å²) < 4.78 is 2.63. The van der Waals surface area contributed by atoms with Crippen LogP contribution in [0.1, 0.15) is 32.1 Å². The molecule has 2 aromatic heterocycles. The number of rotatable bonds is 3. The van der Waals surface area contributed by atoms with E-state index >= 15 is 0 Å². The number of hydrogen-bond donors (Lipinski definition) is 2. The van der Waals surface area contributed by atoms with Gasteiger partial charge in [-0.15, -0.1) is 5.10 Å². The number of pyridine rings is 1. The third-order valence-electron chi connectivity index (χ3n) is 3.67. The fraction of sp³-hybridized carbons (Fsp3) is 0.538. The third-order valence-corrected chi connectivity index (χ3v) is 4.29. The molecule has 2 aromatic rings. The molecule has 2 N–H and O–H groups in total. The summed E-state index contributed by atoms with van der Waals surface area (Å²) in [4.78, 5) is 4.41. The number of nitrogens with one attached hydrogen (secondary N) is 1. The van der Waals surface area contributed by atoms with E-state index < -0.39 is 5.60 Å². The molecule has 1 aliphatic rings. The molecule has 0 aliphatic heterocycles. The van der Waals surface area contributed by atoms with E-state index in [0.717, 1.165) is 35.8 Å². The second-order valence-corrected chi connectivity index (χ2v) is 6.05. The van der Waals surface area contributed by atoms with Gasteiger partial charge in [0, 0.05) is 12.7 Å². The molecular weight excluding hydrogens is 308 g/mol. The predicted octanol–water partition coefficient (Wildman–Crippen LogP) is 2.60. The van der Waals surface area contributed by atoms with Gasteiger partial charge in [0.25, 0.3) is 0 Å². The molecule has 1 saturated carbocycles. The Balaban J connectivity index is 1.73. The molecule has 2 heterocycles. The maximum atomic E-state index is 10.4. The molecule has 3 rings (SSSR count). The van der Waals surface area contributed by atoms with Crippen LogP contribution in [0.5, 0.6) is 0 Å². The number of aromatic nitrogens is 3. The lowest BCUT2D eigenvalue weighted by Gasteiger charge is -2.31. The highest BCUT2D eigenvalue weighted by atomic mass is 79.9. The first-order valence-corrected chi connectivity index (χ1v) is 7.43. The first kappa shape index (κ1) is 12.9. The number of hydrogen-bond acceptors (Lipinski definition) is 4. The average Bonchev–Trinajstić information content (AvgIpc) is 2.82. The van der Waals surface area contributed by atoms with Gasteiger partial charge in [-0.05, 0) is 40.9 Å². The van der Waals surface area contributed by atoms with Crippen molar-refractivity contribution in [1.29, 1.82) is 0 Å². The summed E-state index contributed by atoms with van der Waals surface area (Å²) in [6.07, 6.45) is 6.99. The van der Waals surface area contributed by atoms with Crippen molar-refractivity contribution >= 4 is 27.5 Å². The van der Waals surface area contributed by atoms with Crippen molar-refractivity contribution < 1.29 is 5.11 Å². The van der Waals surface area contributed by atoms with Crippen molar-refractivity contribution in [2.24, 2.45) is 0 Å². The van der Waals surface area contributed by atoms with Crippen molar-refractivity contribution in [1.82, 2.24) is 14.6 Å². The van der Waals surface area contributed by atoms with Gasteiger partial charge in [0.05, 0.1) is 10.1 Å². The minimum atomic E-state index is -0.604. The fourth-order valence-corrected chi connectivity index (χ4v) is 3.00. The standard InChI is InChI=1S/C13H17BrN4O/c14-10-5-4-8-18-11(10)16-12(17-18)15-9-13(19)6-2-1-3-7-13/h4-5,8,19H,1-3,6-7,9H2,(H,15,17). The van der Waals surface area contributed by atoms with Crippen LogP contribution in [0.25, 0.3) is 5.65 Å². The van der Waals surface area contributed by atoms with Crippen LogP contribution in [-0.2, 0) is 0 Å². The highest BCUT2D eigenvalue weighted by Gasteiger charge is 2.29. The summed E-state index contributed by atoms with van der Waals surface area (Å²) in [7, 11) is 0. The van der Waals surface area contributed by atoms with Gasteiger partial charge in [-0.3, -0.25) is 0 Å². The van der Waals surface area contributed by atoms with Crippen molar-refractivity contribution in [3.63, 3.8) is 0 Å². The molecule has 0 spiro atoms. The summed E-state index contributed by atoms with van der Waals surface area (Å²) in [5.74, 6) is 0.561. The van der Waals surface area contributed by atoms with E-state index in [1.165, 1.54) is 6.42 Å². The van der Waals surface area contributed by atoms with E-state index in [9.17, 15) is 5.11 Å². The first-order chi connectivity index (χ1) is 9.16. The average molecular weight is 325 g/mol. The highest BCUT2D eigenvalue weighted by molar-refractivity contribution is 9.10. The van der Waals surface area contributed by atoms with E-state index in [-0.39, 0.29) is 0 Å². The van der Waals surface area contributed by atoms with E-state index in [1.54, 1.807) is 4.52 Å². The zero-order valence-electron chi connectivity index (χ0n) is 10.6. The molecule has 102 valence electrons. The summed E-state index contributed by atoms with van der Waals surface area (Å²) >= 11 is 3.45. The van der Waals surface area contributed by atoms with Gasteiger partial charge in [-0.2, -0.15) is 4.98 Å². The molecule has 19 heavy (non-hydrogen) atoms. The zero-order chi connectivity index (χ0) is 13.3. The second kappa shape index (κ2) is 5.09. The maximum absolute atomic E-state index is 10.4. The van der Waals surface area contributed by atoms with E-state index in [1.807, 2.05) is 18.3 Å². The first-order valence-electron chi connectivity index (χ1n) is 6.63. The fourth-order valence-electron chi connectivity index (χ4n) is 2.58. The van der Waals surface area contributed by atoms with Gasteiger partial charge < -0.3 is 10.4 Å². The number of anilines is 1. The Morgan fingerprint density at radius 3 is 2.89 bits per heavy atom. The van der Waals surface area contributed by atoms with Crippen LogP contribution in [0.3, 0.4) is 0 Å². The Bertz CT molecular complexity index is 577. The summed E-state index contributed by atoms with van der Waals surface area (Å²) in [6.45, 7) is 0.515. The van der Waals surface area contributed by atoms with Gasteiger partial charge in [0.15, 0.2) is 5.65 Å². The van der Waals surface area contributed by atoms with Crippen LogP contribution in [0.4, 0.5) is 5.95 Å². The lowest BCUT2D eigenvalue weighted by Crippen LogP contribution is -2.39. The second-order valence-electron chi connectivity index (χ2n) is 5.20. The normalized spacial score (nSPS) is 18.6. The van der Waals surface area contributed by atoms with Crippen molar-refractivity contribution in [3.05, 3.63) is 22.8 Å². The largest absolute Gasteiger partial charge is 0.388 e. The van der Waals surface area contributed by atoms with Gasteiger partial charge in [0.1, 0.15) is 0 Å². The van der Waals surface area contributed by atoms with Crippen LogP contribution in [0.2, 0.25) is 0 Å². The monoisotopic (exact) mass is 324 g/mol. The van der Waals surface area contributed by atoms with Crippen molar-refractivity contribution in [2.45, 2.75) is 37.7 Å². The molecule has 0 saturated heterocycles. The van der Waals surface area contributed by atoms with Crippen LogP contribution in [-0.4, -0.2) is 31.9 Å². The molecular formula is C13H17BrN4O. The molecule has 1 aliphatic carbocycles. The molecule has 0 radical (unpaired) electrons. The summed E-state index contributed by atoms with van der Waals surface area (Å²) in [6, 6.07) is 3.84. The maximum Gasteiger partial charge on any atom is 0.243 e. The van der Waals surface area contributed by atoms with Gasteiger partial charge in [-0.25, -0.2) is 4.52 Å². The van der Waals surface area contributed by atoms with Gasteiger partial charge in [0.2, 0.25) is 5.95 Å². The molecule has 0 unspecified atom stereocenters. The van der Waals surface area contributed by atoms with Crippen LogP contribution in [0, 0.1) is 0 Å². The molecule has 0 amide bonds. The van der Waals surface area contributed by atoms with Crippen molar-refractivity contribution in [3.8, 4) is 0 Å². The molecule has 0 atom stereocenters. The van der Waals surface area contributed by atoms with Crippen LogP contribution >= 0.6 is 15.9 Å². The van der Waals surface area contributed by atoms with E-state index in [4.69, 9.17) is 0 Å². The highest BCUT2D eigenvalue weighted by Crippen LogP contribution is 2.28. The summed E-state index contributed by atoms with van der Waals surface area (Å²) in [5.41, 5.74) is 0.174. The molecule has 5 nitrogen and oxygen atoms in total. The smallest absolute Gasteiger partial charge is 0.243 e. The van der Waals surface area contributed by atoms with Crippen molar-refractivity contribution in [2.75, 3.05) is 11.9 Å². The SMILES string of the molecule is OC1(CNc2nc3c(Br)cccn3n2)CCCCC1. The summed E-state index contributed by atoms with van der Waals surface area (Å²) in [5, 5.41) is 17.9. The Kier molecular flexibility index (Phi) is 3.45. The van der Waals surface area contributed by atoms with Crippen LogP contribution in [0.15, 0.2) is 22.8 Å². The number of halogens is 1. The number of fused-ring (bicyclic) bond motifs is 1. The Hall–Kier alpha value is -1.14. The molecule has 1 fully saturated rings. The molecule has 6 heteroatoms. The van der Waals surface area contributed by atoms with Gasteiger partial charge in [-0.1, -0.05) is 19.3 Å². The predicted molar refractivity (Wildman–Crippen MR) is 77.2 cm³/mol.